The van der Waals surface area contributed by atoms with E-state index in [1.807, 2.05) is 13.0 Å². The molecule has 0 spiro atoms. The van der Waals surface area contributed by atoms with Gasteiger partial charge >= 0.3 is 0 Å². The predicted molar refractivity (Wildman–Crippen MR) is 72.8 cm³/mol. The van der Waals surface area contributed by atoms with Gasteiger partial charge in [0.15, 0.2) is 5.13 Å². The molecule has 0 unspecified atom stereocenters. The second-order valence-corrected chi connectivity index (χ2v) is 5.62. The molecule has 17 heavy (non-hydrogen) atoms. The Balaban J connectivity index is 2.37. The summed E-state index contributed by atoms with van der Waals surface area (Å²) in [5.41, 5.74) is 7.31. The minimum absolute atomic E-state index is 0.201. The minimum Gasteiger partial charge on any atom is -0.375 e. The maximum atomic E-state index is 13.7. The quantitative estimate of drug-likeness (QED) is 0.936. The summed E-state index contributed by atoms with van der Waals surface area (Å²) in [5.74, 6) is -0.201. The van der Waals surface area contributed by atoms with E-state index in [4.69, 9.17) is 5.73 Å². The van der Waals surface area contributed by atoms with Gasteiger partial charge in [-0.3, -0.25) is 0 Å². The van der Waals surface area contributed by atoms with Crippen molar-refractivity contribution < 1.29 is 4.39 Å². The second kappa shape index (κ2) is 5.14. The molecule has 2 rings (SSSR count). The number of hydrogen-bond donors (Lipinski definition) is 1. The van der Waals surface area contributed by atoms with Gasteiger partial charge in [0, 0.05) is 21.3 Å². The number of nitrogen functional groups attached to an aromatic ring is 1. The summed E-state index contributed by atoms with van der Waals surface area (Å²) in [6.45, 7) is 2.02. The number of nitrogens with zero attached hydrogens (tertiary/aromatic N) is 1. The summed E-state index contributed by atoms with van der Waals surface area (Å²) in [6, 6.07) is 5.00. The second-order valence-electron chi connectivity index (χ2n) is 3.65. The fourth-order valence-electron chi connectivity index (χ4n) is 1.68. The van der Waals surface area contributed by atoms with Crippen LogP contribution >= 0.6 is 27.3 Å². The van der Waals surface area contributed by atoms with Crippen LogP contribution in [-0.4, -0.2) is 4.98 Å². The van der Waals surface area contributed by atoms with Crippen LogP contribution in [0, 0.1) is 5.82 Å². The highest BCUT2D eigenvalue weighted by atomic mass is 79.9. The Bertz CT molecular complexity index is 519. The maximum absolute atomic E-state index is 13.7. The van der Waals surface area contributed by atoms with Crippen LogP contribution in [0.3, 0.4) is 0 Å². The summed E-state index contributed by atoms with van der Waals surface area (Å²) in [4.78, 5) is 5.28. The molecule has 5 heteroatoms. The smallest absolute Gasteiger partial charge is 0.180 e. The van der Waals surface area contributed by atoms with Crippen LogP contribution in [0.15, 0.2) is 22.7 Å². The first-order valence-corrected chi connectivity index (χ1v) is 6.89. The van der Waals surface area contributed by atoms with Crippen molar-refractivity contribution in [1.29, 1.82) is 0 Å². The standard InChI is InChI=1S/C12H12BrFN2S/c1-2-10-11(17-12(15)16-10)6-7-8(13)4-3-5-9(7)14/h3-5H,2,6H2,1H3,(H2,15,16). The predicted octanol–water partition coefficient (Wildman–Crippen LogP) is 3.78. The molecule has 1 heterocycles. The van der Waals surface area contributed by atoms with E-state index in [1.54, 1.807) is 6.07 Å². The SMILES string of the molecule is CCc1nc(N)sc1Cc1c(F)cccc1Br. The summed E-state index contributed by atoms with van der Waals surface area (Å²) in [6.07, 6.45) is 1.35. The van der Waals surface area contributed by atoms with Gasteiger partial charge in [-0.2, -0.15) is 0 Å². The Labute approximate surface area is 112 Å². The van der Waals surface area contributed by atoms with Crippen LogP contribution in [0.25, 0.3) is 0 Å². The van der Waals surface area contributed by atoms with E-state index < -0.39 is 0 Å². The van der Waals surface area contributed by atoms with Gasteiger partial charge in [0.25, 0.3) is 0 Å². The number of nitrogens with two attached hydrogens (primary N) is 1. The fourth-order valence-corrected chi connectivity index (χ4v) is 3.09. The van der Waals surface area contributed by atoms with Gasteiger partial charge in [0.1, 0.15) is 5.82 Å². The van der Waals surface area contributed by atoms with Crippen LogP contribution in [-0.2, 0) is 12.8 Å². The molecule has 0 saturated carbocycles. The summed E-state index contributed by atoms with van der Waals surface area (Å²) in [7, 11) is 0. The van der Waals surface area contributed by atoms with Crippen molar-refractivity contribution in [3.63, 3.8) is 0 Å². The summed E-state index contributed by atoms with van der Waals surface area (Å²) in [5, 5.41) is 0.546. The maximum Gasteiger partial charge on any atom is 0.180 e. The van der Waals surface area contributed by atoms with Gasteiger partial charge in [-0.25, -0.2) is 9.37 Å². The van der Waals surface area contributed by atoms with Gasteiger partial charge < -0.3 is 5.73 Å². The summed E-state index contributed by atoms with van der Waals surface area (Å²) >= 11 is 4.80. The van der Waals surface area contributed by atoms with Gasteiger partial charge in [-0.1, -0.05) is 28.9 Å². The van der Waals surface area contributed by atoms with E-state index in [-0.39, 0.29) is 5.82 Å². The van der Waals surface area contributed by atoms with E-state index in [9.17, 15) is 4.39 Å². The van der Waals surface area contributed by atoms with Crippen molar-refractivity contribution >= 4 is 32.4 Å². The molecule has 0 radical (unpaired) electrons. The number of thiazole rings is 1. The zero-order valence-corrected chi connectivity index (χ0v) is 11.7. The Hall–Kier alpha value is -0.940. The fraction of sp³-hybridized carbons (Fsp3) is 0.250. The van der Waals surface area contributed by atoms with Crippen LogP contribution in [0.2, 0.25) is 0 Å². The van der Waals surface area contributed by atoms with Crippen LogP contribution < -0.4 is 5.73 Å². The molecule has 0 amide bonds. The highest BCUT2D eigenvalue weighted by Gasteiger charge is 2.13. The van der Waals surface area contributed by atoms with Gasteiger partial charge in [0.05, 0.1) is 5.69 Å². The van der Waals surface area contributed by atoms with Gasteiger partial charge in [-0.15, -0.1) is 11.3 Å². The van der Waals surface area contributed by atoms with E-state index in [1.165, 1.54) is 17.4 Å². The minimum atomic E-state index is -0.201. The summed E-state index contributed by atoms with van der Waals surface area (Å²) < 4.78 is 14.5. The molecule has 0 aliphatic rings. The molecule has 1 aromatic heterocycles. The van der Waals surface area contributed by atoms with E-state index >= 15 is 0 Å². The lowest BCUT2D eigenvalue weighted by Gasteiger charge is -2.05. The van der Waals surface area contributed by atoms with Crippen molar-refractivity contribution in [3.05, 3.63) is 44.6 Å². The Morgan fingerprint density at radius 3 is 2.88 bits per heavy atom. The molecule has 0 bridgehead atoms. The third-order valence-corrected chi connectivity index (χ3v) is 4.20. The average Bonchev–Trinajstić information content (AvgIpc) is 2.64. The number of benzene rings is 1. The lowest BCUT2D eigenvalue weighted by molar-refractivity contribution is 0.613. The molecule has 2 N–H and O–H groups in total. The molecule has 0 aliphatic carbocycles. The average molecular weight is 315 g/mol. The zero-order valence-electron chi connectivity index (χ0n) is 9.34. The largest absolute Gasteiger partial charge is 0.375 e. The molecule has 0 fully saturated rings. The first-order chi connectivity index (χ1) is 8.11. The highest BCUT2D eigenvalue weighted by Crippen LogP contribution is 2.28. The first kappa shape index (κ1) is 12.5. The number of anilines is 1. The highest BCUT2D eigenvalue weighted by molar-refractivity contribution is 9.10. The lowest BCUT2D eigenvalue weighted by Crippen LogP contribution is -1.95. The third-order valence-electron chi connectivity index (χ3n) is 2.53. The molecule has 1 aromatic carbocycles. The molecule has 2 aromatic rings. The lowest BCUT2D eigenvalue weighted by atomic mass is 10.1. The van der Waals surface area contributed by atoms with Crippen LogP contribution in [0.5, 0.6) is 0 Å². The topological polar surface area (TPSA) is 38.9 Å². The van der Waals surface area contributed by atoms with Crippen LogP contribution in [0.4, 0.5) is 9.52 Å². The Morgan fingerprint density at radius 2 is 2.24 bits per heavy atom. The number of aryl methyl sites for hydroxylation is 1. The number of hydrogen-bond acceptors (Lipinski definition) is 3. The Morgan fingerprint density at radius 1 is 1.47 bits per heavy atom. The van der Waals surface area contributed by atoms with Crippen molar-refractivity contribution in [2.24, 2.45) is 0 Å². The van der Waals surface area contributed by atoms with E-state index in [2.05, 4.69) is 20.9 Å². The molecule has 0 aliphatic heterocycles. The number of rotatable bonds is 3. The molecular formula is C12H12BrFN2S. The number of aromatic nitrogens is 1. The van der Waals surface area contributed by atoms with E-state index in [0.717, 1.165) is 21.5 Å². The molecule has 90 valence electrons. The third kappa shape index (κ3) is 2.66. The monoisotopic (exact) mass is 314 g/mol. The van der Waals surface area contributed by atoms with Crippen molar-refractivity contribution in [1.82, 2.24) is 4.98 Å². The molecule has 0 atom stereocenters. The Kier molecular flexibility index (Phi) is 3.79. The molecule has 2 nitrogen and oxygen atoms in total. The zero-order chi connectivity index (χ0) is 12.4. The van der Waals surface area contributed by atoms with Gasteiger partial charge in [0.2, 0.25) is 0 Å². The number of halogens is 2. The van der Waals surface area contributed by atoms with Crippen molar-refractivity contribution in [2.45, 2.75) is 19.8 Å². The van der Waals surface area contributed by atoms with Gasteiger partial charge in [-0.05, 0) is 18.6 Å². The van der Waals surface area contributed by atoms with Crippen LogP contribution in [0.1, 0.15) is 23.1 Å². The molecule has 0 saturated heterocycles. The first-order valence-electron chi connectivity index (χ1n) is 5.28. The van der Waals surface area contributed by atoms with Crippen molar-refractivity contribution in [2.75, 3.05) is 5.73 Å². The van der Waals surface area contributed by atoms with Crippen molar-refractivity contribution in [3.8, 4) is 0 Å². The normalized spacial score (nSPS) is 10.8. The molecular weight excluding hydrogens is 303 g/mol. The van der Waals surface area contributed by atoms with E-state index in [0.29, 0.717) is 17.1 Å².